The highest BCUT2D eigenvalue weighted by Gasteiger charge is 2.42. The molecule has 1 saturated heterocycles. The first-order valence-corrected chi connectivity index (χ1v) is 12.1. The summed E-state index contributed by atoms with van der Waals surface area (Å²) in [4.78, 5) is 31.8. The van der Waals surface area contributed by atoms with Gasteiger partial charge in [-0.05, 0) is 63.0 Å². The maximum atomic E-state index is 13.2. The molecule has 2 aromatic rings. The van der Waals surface area contributed by atoms with Gasteiger partial charge in [0.25, 0.3) is 5.56 Å². The van der Waals surface area contributed by atoms with E-state index in [4.69, 9.17) is 0 Å². The van der Waals surface area contributed by atoms with Crippen LogP contribution < -0.4 is 5.56 Å². The van der Waals surface area contributed by atoms with Gasteiger partial charge in [-0.1, -0.05) is 37.5 Å². The Hall–Kier alpha value is -2.47. The molecule has 1 aromatic carbocycles. The van der Waals surface area contributed by atoms with Crippen LogP contribution in [0.5, 0.6) is 0 Å². The van der Waals surface area contributed by atoms with Crippen LogP contribution in [0.25, 0.3) is 11.0 Å². The summed E-state index contributed by atoms with van der Waals surface area (Å²) in [5, 5.41) is 9.59. The number of aromatic nitrogens is 2. The van der Waals surface area contributed by atoms with Crippen molar-refractivity contribution in [2.45, 2.75) is 82.5 Å². The van der Waals surface area contributed by atoms with Crippen molar-refractivity contribution in [1.82, 2.24) is 14.5 Å². The number of benzene rings is 1. The molecule has 2 unspecified atom stereocenters. The second kappa shape index (κ2) is 8.47. The Morgan fingerprint density at radius 2 is 1.81 bits per heavy atom. The third kappa shape index (κ3) is 3.68. The number of carbonyl (C=O) groups is 1. The molecule has 2 aliphatic carbocycles. The molecule has 1 aromatic heterocycles. The number of hydrogen-bond acceptors (Lipinski definition) is 4. The van der Waals surface area contributed by atoms with Gasteiger partial charge in [0.15, 0.2) is 0 Å². The van der Waals surface area contributed by atoms with Gasteiger partial charge in [-0.15, -0.1) is 6.58 Å². The van der Waals surface area contributed by atoms with Gasteiger partial charge in [-0.25, -0.2) is 9.78 Å². The average Bonchev–Trinajstić information content (AvgIpc) is 2.77. The van der Waals surface area contributed by atoms with Crippen LogP contribution >= 0.6 is 0 Å². The van der Waals surface area contributed by atoms with Crippen molar-refractivity contribution >= 4 is 17.0 Å². The fourth-order valence-electron chi connectivity index (χ4n) is 6.99. The molecule has 6 nitrogen and oxygen atoms in total. The van der Waals surface area contributed by atoms with E-state index in [0.717, 1.165) is 24.7 Å². The largest absolute Gasteiger partial charge is 0.476 e. The Morgan fingerprint density at radius 1 is 1.09 bits per heavy atom. The molecule has 5 rings (SSSR count). The maximum absolute atomic E-state index is 13.2. The monoisotopic (exact) mass is 435 g/mol. The molecule has 0 amide bonds. The third-order valence-corrected chi connectivity index (χ3v) is 8.18. The molecule has 0 spiro atoms. The Kier molecular flexibility index (Phi) is 5.66. The Morgan fingerprint density at radius 3 is 2.50 bits per heavy atom. The molecule has 3 aliphatic rings. The quantitative estimate of drug-likeness (QED) is 0.708. The molecule has 0 radical (unpaired) electrons. The number of likely N-dealkylation sites (tertiary alicyclic amines) is 1. The molecular formula is C26H33N3O3. The van der Waals surface area contributed by atoms with E-state index in [1.807, 2.05) is 24.3 Å². The van der Waals surface area contributed by atoms with E-state index in [9.17, 15) is 14.7 Å². The minimum Gasteiger partial charge on any atom is -0.476 e. The van der Waals surface area contributed by atoms with E-state index in [2.05, 4.69) is 23.4 Å². The molecule has 6 heteroatoms. The molecule has 170 valence electrons. The van der Waals surface area contributed by atoms with Crippen LogP contribution in [0.15, 0.2) is 41.7 Å². The third-order valence-electron chi connectivity index (χ3n) is 8.18. The lowest BCUT2D eigenvalue weighted by atomic mass is 9.69. The molecule has 32 heavy (non-hydrogen) atoms. The number of rotatable bonds is 4. The molecular weight excluding hydrogens is 402 g/mol. The van der Waals surface area contributed by atoms with Crippen LogP contribution in [-0.4, -0.2) is 43.7 Å². The average molecular weight is 436 g/mol. The van der Waals surface area contributed by atoms with Crippen molar-refractivity contribution in [1.29, 1.82) is 0 Å². The van der Waals surface area contributed by atoms with Crippen LogP contribution in [0.2, 0.25) is 0 Å². The first-order valence-electron chi connectivity index (χ1n) is 12.1. The van der Waals surface area contributed by atoms with Gasteiger partial charge in [0.2, 0.25) is 5.69 Å². The van der Waals surface area contributed by atoms with Crippen LogP contribution in [0, 0.1) is 11.8 Å². The summed E-state index contributed by atoms with van der Waals surface area (Å²) in [5.41, 5.74) is 0.365. The predicted octanol–water partition coefficient (Wildman–Crippen LogP) is 4.64. The number of carboxylic acids is 1. The molecule has 2 saturated carbocycles. The zero-order chi connectivity index (χ0) is 22.4. The lowest BCUT2D eigenvalue weighted by Gasteiger charge is -2.51. The van der Waals surface area contributed by atoms with Crippen LogP contribution in [0.4, 0.5) is 0 Å². The normalized spacial score (nSPS) is 33.2. The summed E-state index contributed by atoms with van der Waals surface area (Å²) >= 11 is 0. The van der Waals surface area contributed by atoms with Crippen LogP contribution in [0.1, 0.15) is 74.8 Å². The Labute approximate surface area is 189 Å². The summed E-state index contributed by atoms with van der Waals surface area (Å²) < 4.78 is 1.70. The van der Waals surface area contributed by atoms with Crippen LogP contribution in [-0.2, 0) is 0 Å². The standard InChI is InChI=1S/C26H33N3O3/c1-3-19-15-20(11-16(2)28(19)21-13-17-7-6-8-18(12-17)14-21)29-23-10-5-4-9-22(23)27-24(25(29)30)26(31)32/h3-5,9-10,16-21H,1,6-8,11-15H2,2H3,(H,31,32)/t16-,17?,18?,19+,20+,21?/m1/s1. The van der Waals surface area contributed by atoms with Gasteiger partial charge < -0.3 is 9.67 Å². The topological polar surface area (TPSA) is 75.4 Å². The van der Waals surface area contributed by atoms with E-state index in [-0.39, 0.29) is 12.1 Å². The van der Waals surface area contributed by atoms with Gasteiger partial charge in [0.05, 0.1) is 11.0 Å². The Balaban J connectivity index is 1.49. The van der Waals surface area contributed by atoms with Crippen molar-refractivity contribution < 1.29 is 9.90 Å². The van der Waals surface area contributed by atoms with Crippen molar-refractivity contribution in [3.05, 3.63) is 53.0 Å². The van der Waals surface area contributed by atoms with Gasteiger partial charge in [-0.3, -0.25) is 9.69 Å². The van der Waals surface area contributed by atoms with Crippen molar-refractivity contribution in [2.75, 3.05) is 0 Å². The zero-order valence-electron chi connectivity index (χ0n) is 18.8. The summed E-state index contributed by atoms with van der Waals surface area (Å²) in [5.74, 6) is 0.439. The second-order valence-corrected chi connectivity index (χ2v) is 10.2. The summed E-state index contributed by atoms with van der Waals surface area (Å²) in [7, 11) is 0. The number of hydrogen-bond donors (Lipinski definition) is 1. The first kappa shape index (κ1) is 21.4. The maximum Gasteiger partial charge on any atom is 0.360 e. The highest BCUT2D eigenvalue weighted by atomic mass is 16.4. The fraction of sp³-hybridized carbons (Fsp3) is 0.577. The summed E-state index contributed by atoms with van der Waals surface area (Å²) in [6, 6.07) is 8.34. The highest BCUT2D eigenvalue weighted by molar-refractivity contribution is 5.88. The van der Waals surface area contributed by atoms with Gasteiger partial charge in [0, 0.05) is 24.2 Å². The number of nitrogens with zero attached hydrogens (tertiary/aromatic N) is 3. The first-order chi connectivity index (χ1) is 15.5. The molecule has 2 bridgehead atoms. The van der Waals surface area contributed by atoms with Crippen LogP contribution in [0.3, 0.4) is 0 Å². The molecule has 2 heterocycles. The highest BCUT2D eigenvalue weighted by Crippen LogP contribution is 2.44. The number of para-hydroxylation sites is 2. The predicted molar refractivity (Wildman–Crippen MR) is 125 cm³/mol. The van der Waals surface area contributed by atoms with E-state index in [0.29, 0.717) is 23.1 Å². The fourth-order valence-corrected chi connectivity index (χ4v) is 6.99. The minimum absolute atomic E-state index is 0.0779. The van der Waals surface area contributed by atoms with Gasteiger partial charge in [0.1, 0.15) is 0 Å². The van der Waals surface area contributed by atoms with E-state index in [1.165, 1.54) is 38.5 Å². The molecule has 5 atom stereocenters. The van der Waals surface area contributed by atoms with Crippen molar-refractivity contribution in [3.63, 3.8) is 0 Å². The van der Waals surface area contributed by atoms with Gasteiger partial charge in [-0.2, -0.15) is 0 Å². The number of carboxylic acid groups (broad SMARTS) is 1. The molecule has 1 aliphatic heterocycles. The molecule has 1 N–H and O–H groups in total. The lowest BCUT2D eigenvalue weighted by Crippen LogP contribution is -2.55. The Bertz CT molecular complexity index is 1080. The summed E-state index contributed by atoms with van der Waals surface area (Å²) in [6.07, 6.45) is 11.7. The lowest BCUT2D eigenvalue weighted by molar-refractivity contribution is -0.00325. The summed E-state index contributed by atoms with van der Waals surface area (Å²) in [6.45, 7) is 6.42. The number of fused-ring (bicyclic) bond motifs is 3. The van der Waals surface area contributed by atoms with E-state index in [1.54, 1.807) is 10.6 Å². The van der Waals surface area contributed by atoms with Crippen molar-refractivity contribution in [2.24, 2.45) is 11.8 Å². The number of aromatic carboxylic acids is 1. The van der Waals surface area contributed by atoms with E-state index >= 15 is 0 Å². The minimum atomic E-state index is -1.27. The van der Waals surface area contributed by atoms with Crippen molar-refractivity contribution in [3.8, 4) is 0 Å². The number of piperidine rings is 1. The van der Waals surface area contributed by atoms with E-state index < -0.39 is 17.2 Å². The molecule has 3 fully saturated rings. The second-order valence-electron chi connectivity index (χ2n) is 10.2. The zero-order valence-corrected chi connectivity index (χ0v) is 18.8. The van der Waals surface area contributed by atoms with Gasteiger partial charge >= 0.3 is 5.97 Å². The smallest absolute Gasteiger partial charge is 0.360 e. The SMILES string of the molecule is C=C[C@H]1C[C@@H](n2c(=O)c(C(=O)O)nc3ccccc32)C[C@@H](C)N1C1CC2CCCC(C2)C1.